The maximum atomic E-state index is 11.7. The second kappa shape index (κ2) is 6.56. The SMILES string of the molecule is CCOC(=O)C(Cl)=C(C)Nc1nc2c(ccc3ccccc32)s1. The molecule has 1 N–H and O–H groups in total. The van der Waals surface area contributed by atoms with Gasteiger partial charge in [-0.2, -0.15) is 0 Å². The topological polar surface area (TPSA) is 51.2 Å². The third kappa shape index (κ3) is 3.16. The number of esters is 1. The van der Waals surface area contributed by atoms with E-state index in [2.05, 4.69) is 28.5 Å². The van der Waals surface area contributed by atoms with Crippen LogP contribution in [0.5, 0.6) is 0 Å². The van der Waals surface area contributed by atoms with Gasteiger partial charge >= 0.3 is 5.97 Å². The molecule has 3 aromatic rings. The van der Waals surface area contributed by atoms with Gasteiger partial charge in [-0.3, -0.25) is 0 Å². The molecule has 4 nitrogen and oxygen atoms in total. The first-order chi connectivity index (χ1) is 11.1. The van der Waals surface area contributed by atoms with Gasteiger partial charge in [0.15, 0.2) is 5.13 Å². The van der Waals surface area contributed by atoms with Crippen LogP contribution in [0.3, 0.4) is 0 Å². The van der Waals surface area contributed by atoms with E-state index in [0.717, 1.165) is 21.0 Å². The molecule has 0 aliphatic carbocycles. The summed E-state index contributed by atoms with van der Waals surface area (Å²) in [6.45, 7) is 3.75. The summed E-state index contributed by atoms with van der Waals surface area (Å²) in [5.74, 6) is -0.536. The van der Waals surface area contributed by atoms with Gasteiger partial charge in [-0.1, -0.05) is 53.3 Å². The van der Waals surface area contributed by atoms with E-state index in [1.54, 1.807) is 13.8 Å². The number of nitrogens with one attached hydrogen (secondary N) is 1. The number of nitrogens with zero attached hydrogens (tertiary/aromatic N) is 1. The van der Waals surface area contributed by atoms with Crippen molar-refractivity contribution in [2.24, 2.45) is 0 Å². The van der Waals surface area contributed by atoms with Crippen LogP contribution < -0.4 is 5.32 Å². The van der Waals surface area contributed by atoms with Crippen molar-refractivity contribution in [3.63, 3.8) is 0 Å². The molecule has 23 heavy (non-hydrogen) atoms. The lowest BCUT2D eigenvalue weighted by Gasteiger charge is -2.05. The van der Waals surface area contributed by atoms with Crippen molar-refractivity contribution in [2.45, 2.75) is 13.8 Å². The fourth-order valence-electron chi connectivity index (χ4n) is 2.28. The van der Waals surface area contributed by atoms with Crippen molar-refractivity contribution in [3.05, 3.63) is 47.1 Å². The summed E-state index contributed by atoms with van der Waals surface area (Å²) >= 11 is 7.54. The Morgan fingerprint density at radius 1 is 1.30 bits per heavy atom. The maximum Gasteiger partial charge on any atom is 0.351 e. The predicted molar refractivity (Wildman–Crippen MR) is 95.9 cm³/mol. The summed E-state index contributed by atoms with van der Waals surface area (Å²) < 4.78 is 5.97. The molecule has 3 rings (SSSR count). The van der Waals surface area contributed by atoms with Crippen LogP contribution >= 0.6 is 22.9 Å². The molecule has 0 fully saturated rings. The monoisotopic (exact) mass is 346 g/mol. The minimum absolute atomic E-state index is 0.0379. The Balaban J connectivity index is 1.96. The van der Waals surface area contributed by atoms with Gasteiger partial charge in [0.05, 0.1) is 16.8 Å². The number of aromatic nitrogens is 1. The molecule has 0 aliphatic rings. The van der Waals surface area contributed by atoms with Crippen molar-refractivity contribution in [1.82, 2.24) is 4.98 Å². The van der Waals surface area contributed by atoms with E-state index in [1.807, 2.05) is 18.2 Å². The number of fused-ring (bicyclic) bond motifs is 3. The molecule has 1 aromatic heterocycles. The highest BCUT2D eigenvalue weighted by atomic mass is 35.5. The van der Waals surface area contributed by atoms with Gasteiger partial charge in [-0.05, 0) is 25.3 Å². The summed E-state index contributed by atoms with van der Waals surface area (Å²) in [6, 6.07) is 12.2. The maximum absolute atomic E-state index is 11.7. The largest absolute Gasteiger partial charge is 0.462 e. The lowest BCUT2D eigenvalue weighted by molar-refractivity contribution is -0.137. The van der Waals surface area contributed by atoms with Gasteiger partial charge in [0.25, 0.3) is 0 Å². The zero-order valence-corrected chi connectivity index (χ0v) is 14.3. The lowest BCUT2D eigenvalue weighted by Crippen LogP contribution is -2.08. The van der Waals surface area contributed by atoms with Crippen LogP contribution in [0.4, 0.5) is 5.13 Å². The van der Waals surface area contributed by atoms with Crippen LogP contribution in [-0.2, 0) is 9.53 Å². The predicted octanol–water partition coefficient (Wildman–Crippen LogP) is 4.89. The second-order valence-electron chi connectivity index (χ2n) is 4.94. The summed E-state index contributed by atoms with van der Waals surface area (Å²) in [5, 5.41) is 6.07. The summed E-state index contributed by atoms with van der Waals surface area (Å²) in [7, 11) is 0. The van der Waals surface area contributed by atoms with Crippen molar-refractivity contribution in [3.8, 4) is 0 Å². The molecule has 2 aromatic carbocycles. The van der Waals surface area contributed by atoms with Gasteiger partial charge in [-0.15, -0.1) is 0 Å². The van der Waals surface area contributed by atoms with E-state index in [9.17, 15) is 4.79 Å². The molecule has 0 amide bonds. The number of thiazole rings is 1. The van der Waals surface area contributed by atoms with E-state index in [4.69, 9.17) is 16.3 Å². The Morgan fingerprint density at radius 2 is 2.09 bits per heavy atom. The highest BCUT2D eigenvalue weighted by molar-refractivity contribution is 7.22. The zero-order valence-electron chi connectivity index (χ0n) is 12.7. The van der Waals surface area contributed by atoms with E-state index < -0.39 is 5.97 Å². The molecular weight excluding hydrogens is 332 g/mol. The molecule has 0 bridgehead atoms. The second-order valence-corrected chi connectivity index (χ2v) is 6.35. The van der Waals surface area contributed by atoms with Crippen LogP contribution in [0.2, 0.25) is 0 Å². The molecule has 0 aliphatic heterocycles. The van der Waals surface area contributed by atoms with Crippen molar-refractivity contribution in [1.29, 1.82) is 0 Å². The van der Waals surface area contributed by atoms with Crippen LogP contribution in [0.15, 0.2) is 47.1 Å². The zero-order chi connectivity index (χ0) is 16.4. The fourth-order valence-corrected chi connectivity index (χ4v) is 3.32. The third-order valence-electron chi connectivity index (χ3n) is 3.36. The Bertz CT molecular complexity index is 917. The van der Waals surface area contributed by atoms with Gasteiger partial charge in [0, 0.05) is 11.1 Å². The molecule has 0 atom stereocenters. The van der Waals surface area contributed by atoms with E-state index in [0.29, 0.717) is 10.8 Å². The van der Waals surface area contributed by atoms with E-state index in [1.165, 1.54) is 11.3 Å². The highest BCUT2D eigenvalue weighted by Gasteiger charge is 2.13. The van der Waals surface area contributed by atoms with Crippen molar-refractivity contribution in [2.75, 3.05) is 11.9 Å². The fraction of sp³-hybridized carbons (Fsp3) is 0.176. The molecule has 0 radical (unpaired) electrons. The number of hydrogen-bond donors (Lipinski definition) is 1. The third-order valence-corrected chi connectivity index (χ3v) is 4.74. The van der Waals surface area contributed by atoms with E-state index >= 15 is 0 Å². The molecule has 118 valence electrons. The smallest absolute Gasteiger partial charge is 0.351 e. The molecule has 0 saturated carbocycles. The standard InChI is InChI=1S/C17H15ClN2O2S/c1-3-22-16(21)14(18)10(2)19-17-20-15-12-7-5-4-6-11(12)8-9-13(15)23-17/h4-9H,3H2,1-2H3,(H,19,20). The van der Waals surface area contributed by atoms with Crippen LogP contribution in [-0.4, -0.2) is 17.6 Å². The van der Waals surface area contributed by atoms with Gasteiger partial charge in [-0.25, -0.2) is 9.78 Å². The number of hydrogen-bond acceptors (Lipinski definition) is 5. The van der Waals surface area contributed by atoms with Crippen LogP contribution in [0, 0.1) is 0 Å². The average molecular weight is 347 g/mol. The summed E-state index contributed by atoms with van der Waals surface area (Å²) in [5.41, 5.74) is 1.46. The quantitative estimate of drug-likeness (QED) is 0.539. The number of anilines is 1. The van der Waals surface area contributed by atoms with Crippen molar-refractivity contribution < 1.29 is 9.53 Å². The number of benzene rings is 2. The Kier molecular flexibility index (Phi) is 4.50. The molecular formula is C17H15ClN2O2S. The average Bonchev–Trinajstić information content (AvgIpc) is 2.97. The Morgan fingerprint density at radius 3 is 2.87 bits per heavy atom. The Hall–Kier alpha value is -2.11. The van der Waals surface area contributed by atoms with E-state index in [-0.39, 0.29) is 11.6 Å². The number of allylic oxidation sites excluding steroid dienone is 1. The first kappa shape index (κ1) is 15.8. The van der Waals surface area contributed by atoms with Crippen molar-refractivity contribution >= 4 is 55.0 Å². The molecule has 0 spiro atoms. The molecule has 0 saturated heterocycles. The number of halogens is 1. The number of carbonyl (C=O) groups excluding carboxylic acids is 1. The van der Waals surface area contributed by atoms with Gasteiger partial charge in [0.1, 0.15) is 5.03 Å². The molecule has 1 heterocycles. The summed E-state index contributed by atoms with van der Waals surface area (Å²) in [4.78, 5) is 16.3. The van der Waals surface area contributed by atoms with Crippen LogP contribution in [0.1, 0.15) is 13.8 Å². The normalized spacial score (nSPS) is 12.3. The number of ether oxygens (including phenoxy) is 1. The number of rotatable bonds is 4. The van der Waals surface area contributed by atoms with Gasteiger partial charge < -0.3 is 10.1 Å². The van der Waals surface area contributed by atoms with Gasteiger partial charge in [0.2, 0.25) is 0 Å². The Labute approximate surface area is 142 Å². The summed E-state index contributed by atoms with van der Waals surface area (Å²) in [6.07, 6.45) is 0. The van der Waals surface area contributed by atoms with Crippen LogP contribution in [0.25, 0.3) is 21.0 Å². The minimum atomic E-state index is -0.536. The highest BCUT2D eigenvalue weighted by Crippen LogP contribution is 2.32. The molecule has 6 heteroatoms. The lowest BCUT2D eigenvalue weighted by atomic mass is 10.1. The molecule has 0 unspecified atom stereocenters. The number of carbonyl (C=O) groups is 1. The first-order valence-corrected chi connectivity index (χ1v) is 8.38. The first-order valence-electron chi connectivity index (χ1n) is 7.19. The minimum Gasteiger partial charge on any atom is -0.462 e.